The lowest BCUT2D eigenvalue weighted by atomic mass is 10.3. The first-order chi connectivity index (χ1) is 5.11. The third-order valence-corrected chi connectivity index (χ3v) is 2.41. The van der Waals surface area contributed by atoms with Gasteiger partial charge in [-0.2, -0.15) is 0 Å². The Hall–Kier alpha value is -0.940. The second-order valence-electron chi connectivity index (χ2n) is 2.11. The van der Waals surface area contributed by atoms with Crippen molar-refractivity contribution in [3.05, 3.63) is 27.1 Å². The molecule has 0 spiro atoms. The second-order valence-corrected chi connectivity index (χ2v) is 3.20. The number of nitrogens with zero attached hydrogens (tertiary/aromatic N) is 1. The topological polar surface area (TPSA) is 63.4 Å². The summed E-state index contributed by atoms with van der Waals surface area (Å²) in [6.45, 7) is 1.58. The molecule has 0 saturated carbocycles. The van der Waals surface area contributed by atoms with Crippen molar-refractivity contribution >= 4 is 16.3 Å². The van der Waals surface area contributed by atoms with Crippen molar-refractivity contribution in [1.82, 2.24) is 0 Å². The molecule has 0 bridgehead atoms. The number of thiophene rings is 1. The molecule has 60 valence electrons. The molecule has 4 nitrogen and oxygen atoms in total. The molecule has 11 heavy (non-hydrogen) atoms. The normalized spacial score (nSPS) is 12.9. The molecule has 0 aliphatic rings. The number of hydrogen-bond donors (Lipinski definition) is 1. The first kappa shape index (κ1) is 8.16. The van der Waals surface area contributed by atoms with Crippen LogP contribution in [0.3, 0.4) is 0 Å². The Morgan fingerprint density at radius 1 is 1.73 bits per heavy atom. The summed E-state index contributed by atoms with van der Waals surface area (Å²) in [6, 6.07) is 2.96. The largest absolute Gasteiger partial charge is 0.388 e. The average Bonchev–Trinajstić information content (AvgIpc) is 2.33. The molecule has 1 atom stereocenters. The van der Waals surface area contributed by atoms with Gasteiger partial charge in [-0.1, -0.05) is 11.3 Å². The van der Waals surface area contributed by atoms with Crippen LogP contribution in [0, 0.1) is 10.1 Å². The number of nitro groups is 1. The van der Waals surface area contributed by atoms with Gasteiger partial charge in [-0.3, -0.25) is 10.1 Å². The van der Waals surface area contributed by atoms with Crippen LogP contribution in [0.1, 0.15) is 17.9 Å². The maximum Gasteiger partial charge on any atom is 0.324 e. The fourth-order valence-corrected chi connectivity index (χ4v) is 1.42. The Labute approximate surface area is 67.2 Å². The smallest absolute Gasteiger partial charge is 0.324 e. The summed E-state index contributed by atoms with van der Waals surface area (Å²) in [4.78, 5) is 10.3. The van der Waals surface area contributed by atoms with Crippen LogP contribution in [0.25, 0.3) is 0 Å². The van der Waals surface area contributed by atoms with Crippen LogP contribution in [0.15, 0.2) is 12.1 Å². The van der Waals surface area contributed by atoms with Crippen LogP contribution in [0.2, 0.25) is 0 Å². The van der Waals surface area contributed by atoms with Gasteiger partial charge in [0.15, 0.2) is 0 Å². The molecule has 0 amide bonds. The highest BCUT2D eigenvalue weighted by atomic mass is 32.1. The summed E-state index contributed by atoms with van der Waals surface area (Å²) in [5, 5.41) is 19.2. The van der Waals surface area contributed by atoms with E-state index in [0.717, 1.165) is 11.3 Å². The van der Waals surface area contributed by atoms with E-state index < -0.39 is 11.0 Å². The Morgan fingerprint density at radius 2 is 2.36 bits per heavy atom. The maximum atomic E-state index is 10.2. The molecule has 1 heterocycles. The third-order valence-electron chi connectivity index (χ3n) is 1.20. The van der Waals surface area contributed by atoms with Gasteiger partial charge in [0.25, 0.3) is 0 Å². The van der Waals surface area contributed by atoms with Crippen LogP contribution in [-0.2, 0) is 0 Å². The molecule has 0 radical (unpaired) electrons. The Balaban J connectivity index is 2.90. The van der Waals surface area contributed by atoms with Gasteiger partial charge in [-0.15, -0.1) is 0 Å². The van der Waals surface area contributed by atoms with E-state index in [9.17, 15) is 10.1 Å². The van der Waals surface area contributed by atoms with Gasteiger partial charge in [-0.05, 0) is 13.0 Å². The summed E-state index contributed by atoms with van der Waals surface area (Å²) < 4.78 is 0. The van der Waals surface area contributed by atoms with Gasteiger partial charge in [-0.25, -0.2) is 0 Å². The highest BCUT2D eigenvalue weighted by Crippen LogP contribution is 2.28. The molecule has 5 heteroatoms. The molecule has 0 aromatic carbocycles. The Kier molecular flexibility index (Phi) is 2.21. The molecular weight excluding hydrogens is 166 g/mol. The van der Waals surface area contributed by atoms with E-state index in [4.69, 9.17) is 5.11 Å². The van der Waals surface area contributed by atoms with Crippen molar-refractivity contribution in [3.8, 4) is 0 Å². The van der Waals surface area contributed by atoms with Crippen molar-refractivity contribution < 1.29 is 10.0 Å². The minimum Gasteiger partial charge on any atom is -0.388 e. The fraction of sp³-hybridized carbons (Fsp3) is 0.333. The zero-order valence-corrected chi connectivity index (χ0v) is 6.67. The van der Waals surface area contributed by atoms with Gasteiger partial charge >= 0.3 is 5.00 Å². The average molecular weight is 173 g/mol. The highest BCUT2D eigenvalue weighted by molar-refractivity contribution is 7.15. The fourth-order valence-electron chi connectivity index (χ4n) is 0.665. The van der Waals surface area contributed by atoms with Crippen molar-refractivity contribution in [3.63, 3.8) is 0 Å². The van der Waals surface area contributed by atoms with Crippen LogP contribution in [0.4, 0.5) is 5.00 Å². The second kappa shape index (κ2) is 2.98. The summed E-state index contributed by atoms with van der Waals surface area (Å²) in [7, 11) is 0. The van der Waals surface area contributed by atoms with Gasteiger partial charge in [0.05, 0.1) is 11.0 Å². The number of hydrogen-bond acceptors (Lipinski definition) is 4. The zero-order valence-electron chi connectivity index (χ0n) is 5.85. The maximum absolute atomic E-state index is 10.2. The molecule has 1 aromatic heterocycles. The SMILES string of the molecule is C[C@@H](O)c1ccc([N+](=O)[O-])s1. The summed E-state index contributed by atoms with van der Waals surface area (Å²) in [5.41, 5.74) is 0. The number of aliphatic hydroxyl groups excluding tert-OH is 1. The van der Waals surface area contributed by atoms with Crippen molar-refractivity contribution in [1.29, 1.82) is 0 Å². The van der Waals surface area contributed by atoms with E-state index in [-0.39, 0.29) is 5.00 Å². The van der Waals surface area contributed by atoms with E-state index in [0.29, 0.717) is 4.88 Å². The Bertz CT molecular complexity index is 269. The molecule has 0 aliphatic carbocycles. The zero-order chi connectivity index (χ0) is 8.43. The summed E-state index contributed by atoms with van der Waals surface area (Å²) in [6.07, 6.45) is -0.617. The molecule has 0 aliphatic heterocycles. The lowest BCUT2D eigenvalue weighted by Crippen LogP contribution is -1.84. The standard InChI is InChI=1S/C6H7NO3S/c1-4(8)5-2-3-6(11-5)7(9)10/h2-4,8H,1H3/t4-/m1/s1. The van der Waals surface area contributed by atoms with Gasteiger partial charge < -0.3 is 5.11 Å². The van der Waals surface area contributed by atoms with Crippen LogP contribution in [-0.4, -0.2) is 10.0 Å². The molecule has 1 N–H and O–H groups in total. The van der Waals surface area contributed by atoms with Gasteiger partial charge in [0.1, 0.15) is 0 Å². The monoisotopic (exact) mass is 173 g/mol. The molecule has 1 rings (SSSR count). The molecule has 1 aromatic rings. The van der Waals surface area contributed by atoms with Crippen molar-refractivity contribution in [2.75, 3.05) is 0 Å². The van der Waals surface area contributed by atoms with E-state index in [1.54, 1.807) is 13.0 Å². The number of aliphatic hydroxyl groups is 1. The molecule has 0 saturated heterocycles. The van der Waals surface area contributed by atoms with E-state index in [1.165, 1.54) is 6.07 Å². The van der Waals surface area contributed by atoms with Gasteiger partial charge in [0.2, 0.25) is 0 Å². The minimum absolute atomic E-state index is 0.0703. The van der Waals surface area contributed by atoms with Crippen LogP contribution < -0.4 is 0 Å². The lowest BCUT2D eigenvalue weighted by Gasteiger charge is -1.94. The highest BCUT2D eigenvalue weighted by Gasteiger charge is 2.11. The van der Waals surface area contributed by atoms with E-state index in [2.05, 4.69) is 0 Å². The van der Waals surface area contributed by atoms with Crippen LogP contribution >= 0.6 is 11.3 Å². The lowest BCUT2D eigenvalue weighted by molar-refractivity contribution is -0.380. The summed E-state index contributed by atoms with van der Waals surface area (Å²) in [5.74, 6) is 0. The predicted molar refractivity (Wildman–Crippen MR) is 41.6 cm³/mol. The molecule has 0 fully saturated rings. The van der Waals surface area contributed by atoms with E-state index in [1.807, 2.05) is 0 Å². The Morgan fingerprint density at radius 3 is 2.64 bits per heavy atom. The first-order valence-electron chi connectivity index (χ1n) is 3.03. The molecule has 0 unspecified atom stereocenters. The van der Waals surface area contributed by atoms with Crippen molar-refractivity contribution in [2.24, 2.45) is 0 Å². The van der Waals surface area contributed by atoms with Crippen LogP contribution in [0.5, 0.6) is 0 Å². The minimum atomic E-state index is -0.617. The quantitative estimate of drug-likeness (QED) is 0.547. The predicted octanol–water partition coefficient (Wildman–Crippen LogP) is 1.71. The first-order valence-corrected chi connectivity index (χ1v) is 3.85. The molecular formula is C6H7NO3S. The van der Waals surface area contributed by atoms with Gasteiger partial charge in [0, 0.05) is 10.9 Å². The number of rotatable bonds is 2. The van der Waals surface area contributed by atoms with E-state index >= 15 is 0 Å². The summed E-state index contributed by atoms with van der Waals surface area (Å²) >= 11 is 1.000. The third kappa shape index (κ3) is 1.75. The van der Waals surface area contributed by atoms with Crippen molar-refractivity contribution in [2.45, 2.75) is 13.0 Å².